The van der Waals surface area contributed by atoms with Crippen molar-refractivity contribution in [2.75, 3.05) is 32.6 Å². The van der Waals surface area contributed by atoms with Crippen LogP contribution in [-0.2, 0) is 11.3 Å². The van der Waals surface area contributed by atoms with E-state index in [1.54, 1.807) is 7.11 Å². The molecule has 3 aromatic carbocycles. The van der Waals surface area contributed by atoms with Gasteiger partial charge in [-0.15, -0.1) is 0 Å². The molecule has 3 N–H and O–H groups in total. The molecule has 2 fully saturated rings. The van der Waals surface area contributed by atoms with Gasteiger partial charge in [-0.3, -0.25) is 4.90 Å². The molecule has 3 aliphatic rings. The number of likely N-dealkylation sites (tertiary alicyclic amines) is 1. The highest BCUT2D eigenvalue weighted by Crippen LogP contribution is 2.43. The second kappa shape index (κ2) is 11.6. The van der Waals surface area contributed by atoms with Crippen LogP contribution in [0.4, 0.5) is 11.6 Å². The summed E-state index contributed by atoms with van der Waals surface area (Å²) in [6, 6.07) is 23.0. The highest BCUT2D eigenvalue weighted by molar-refractivity contribution is 6.30. The maximum Gasteiger partial charge on any atom is 0.227 e. The number of benzene rings is 3. The van der Waals surface area contributed by atoms with Crippen LogP contribution >= 0.6 is 11.6 Å². The minimum atomic E-state index is -0.115. The number of aromatic nitrogens is 2. The fraction of sp³-hybridized carbons (Fsp3) is 0.333. The average molecular weight is 583 g/mol. The summed E-state index contributed by atoms with van der Waals surface area (Å²) in [5, 5.41) is 11.2. The number of anilines is 2. The van der Waals surface area contributed by atoms with Gasteiger partial charge in [0.2, 0.25) is 5.95 Å². The van der Waals surface area contributed by atoms with E-state index in [1.165, 1.54) is 18.4 Å². The monoisotopic (exact) mass is 582 g/mol. The van der Waals surface area contributed by atoms with Gasteiger partial charge in [-0.1, -0.05) is 48.0 Å². The average Bonchev–Trinajstić information content (AvgIpc) is 3.85. The third kappa shape index (κ3) is 5.37. The van der Waals surface area contributed by atoms with Crippen molar-refractivity contribution in [2.24, 2.45) is 0 Å². The molecule has 4 heterocycles. The molecule has 3 unspecified atom stereocenters. The van der Waals surface area contributed by atoms with Crippen LogP contribution in [0.1, 0.15) is 47.2 Å². The number of para-hydroxylation sites is 1. The largest absolute Gasteiger partial charge is 0.496 e. The summed E-state index contributed by atoms with van der Waals surface area (Å²) in [7, 11) is 3.75. The Morgan fingerprint density at radius 3 is 2.62 bits per heavy atom. The molecule has 0 amide bonds. The fourth-order valence-corrected chi connectivity index (χ4v) is 6.46. The number of rotatable bonds is 7. The lowest BCUT2D eigenvalue weighted by atomic mass is 9.93. The molecule has 0 spiro atoms. The van der Waals surface area contributed by atoms with Gasteiger partial charge >= 0.3 is 0 Å². The minimum absolute atomic E-state index is 0.115. The van der Waals surface area contributed by atoms with Gasteiger partial charge in [0.15, 0.2) is 0 Å². The fourth-order valence-electron chi connectivity index (χ4n) is 6.28. The third-order valence-electron chi connectivity index (χ3n) is 8.65. The Kier molecular flexibility index (Phi) is 7.56. The Labute approximate surface area is 251 Å². The van der Waals surface area contributed by atoms with Gasteiger partial charge in [0.05, 0.1) is 18.8 Å². The topological polar surface area (TPSA) is 86.9 Å². The zero-order valence-corrected chi connectivity index (χ0v) is 24.6. The molecule has 0 saturated carbocycles. The number of epoxide rings is 1. The van der Waals surface area contributed by atoms with Crippen LogP contribution in [0.15, 0.2) is 72.9 Å². The molecule has 9 heteroatoms. The smallest absolute Gasteiger partial charge is 0.227 e. The molecule has 8 nitrogen and oxygen atoms in total. The van der Waals surface area contributed by atoms with Crippen LogP contribution in [0.25, 0.3) is 11.3 Å². The van der Waals surface area contributed by atoms with Gasteiger partial charge in [0.25, 0.3) is 0 Å². The molecule has 3 atom stereocenters. The van der Waals surface area contributed by atoms with E-state index in [2.05, 4.69) is 56.2 Å². The SMILES string of the molecule is CNC1CCN(C2OC2c2ccc(Nc3ncc4c(n3)-c3ccc(Cl)cc3C(c3ccccc3OC)NC4)cc2)CC1. The molecule has 0 radical (unpaired) electrons. The number of hydrogen-bond acceptors (Lipinski definition) is 8. The van der Waals surface area contributed by atoms with Gasteiger partial charge in [-0.25, -0.2) is 9.97 Å². The van der Waals surface area contributed by atoms with Crippen LogP contribution < -0.4 is 20.7 Å². The van der Waals surface area contributed by atoms with Crippen LogP contribution in [0.5, 0.6) is 5.75 Å². The van der Waals surface area contributed by atoms with Crippen LogP contribution in [0.2, 0.25) is 5.02 Å². The van der Waals surface area contributed by atoms with Crippen LogP contribution in [0.3, 0.4) is 0 Å². The molecular formula is C33H35ClN6O2. The molecule has 3 aliphatic heterocycles. The van der Waals surface area contributed by atoms with Crippen molar-refractivity contribution < 1.29 is 9.47 Å². The Balaban J connectivity index is 1.10. The number of hydrogen-bond donors (Lipinski definition) is 3. The molecule has 42 heavy (non-hydrogen) atoms. The predicted octanol–water partition coefficient (Wildman–Crippen LogP) is 5.82. The number of halogens is 1. The van der Waals surface area contributed by atoms with Crippen molar-refractivity contribution in [1.82, 2.24) is 25.5 Å². The molecule has 4 aromatic rings. The van der Waals surface area contributed by atoms with E-state index in [-0.39, 0.29) is 18.4 Å². The summed E-state index contributed by atoms with van der Waals surface area (Å²) in [6.45, 7) is 2.76. The molecule has 7 rings (SSSR count). The van der Waals surface area contributed by atoms with Crippen LogP contribution in [0, 0.1) is 0 Å². The van der Waals surface area contributed by atoms with E-state index in [9.17, 15) is 0 Å². The van der Waals surface area contributed by atoms with E-state index in [4.69, 9.17) is 26.1 Å². The third-order valence-corrected chi connectivity index (χ3v) is 8.89. The zero-order valence-electron chi connectivity index (χ0n) is 23.8. The molecule has 2 saturated heterocycles. The predicted molar refractivity (Wildman–Crippen MR) is 165 cm³/mol. The standard InChI is InChI=1S/C33H35ClN6O2/c1-35-23-13-15-40(16-14-23)32-31(42-32)20-7-10-24(11-8-20)38-33-37-19-21-18-36-30(26-5-3-4-6-28(26)41-2)27-17-22(34)9-12-25(27)29(21)39-33/h3-12,17,19,23,30-32,35-36H,13-16,18H2,1-2H3,(H,37,38,39). The van der Waals surface area contributed by atoms with Crippen molar-refractivity contribution in [3.05, 3.63) is 100 Å². The molecule has 0 aliphatic carbocycles. The van der Waals surface area contributed by atoms with Gasteiger partial charge in [-0.2, -0.15) is 0 Å². The van der Waals surface area contributed by atoms with Gasteiger partial charge in [-0.05, 0) is 61.3 Å². The number of ether oxygens (including phenoxy) is 2. The maximum absolute atomic E-state index is 6.51. The molecular weight excluding hydrogens is 548 g/mol. The summed E-state index contributed by atoms with van der Waals surface area (Å²) in [5.74, 6) is 1.37. The number of nitrogens with zero attached hydrogens (tertiary/aromatic N) is 3. The first-order valence-electron chi connectivity index (χ1n) is 14.6. The summed E-state index contributed by atoms with van der Waals surface area (Å²) >= 11 is 6.51. The highest BCUT2D eigenvalue weighted by Gasteiger charge is 2.45. The Hall–Kier alpha value is -3.53. The molecule has 1 aromatic heterocycles. The van der Waals surface area contributed by atoms with Crippen molar-refractivity contribution in [3.8, 4) is 17.0 Å². The number of piperidine rings is 1. The normalized spacial score (nSPS) is 22.1. The van der Waals surface area contributed by atoms with E-state index in [1.807, 2.05) is 49.6 Å². The molecule has 0 bridgehead atoms. The Morgan fingerprint density at radius 2 is 1.83 bits per heavy atom. The van der Waals surface area contributed by atoms with Crippen molar-refractivity contribution in [2.45, 2.75) is 43.8 Å². The summed E-state index contributed by atoms with van der Waals surface area (Å²) < 4.78 is 11.8. The van der Waals surface area contributed by atoms with Crippen LogP contribution in [-0.4, -0.2) is 54.4 Å². The first-order chi connectivity index (χ1) is 20.6. The van der Waals surface area contributed by atoms with E-state index in [0.717, 1.165) is 52.5 Å². The quantitative estimate of drug-likeness (QED) is 0.235. The lowest BCUT2D eigenvalue weighted by molar-refractivity contribution is 0.134. The van der Waals surface area contributed by atoms with Gasteiger partial charge in [0, 0.05) is 59.3 Å². The van der Waals surface area contributed by atoms with E-state index < -0.39 is 0 Å². The second-order valence-corrected chi connectivity index (χ2v) is 11.6. The van der Waals surface area contributed by atoms with Gasteiger partial charge < -0.3 is 25.4 Å². The summed E-state index contributed by atoms with van der Waals surface area (Å²) in [4.78, 5) is 12.1. The number of fused-ring (bicyclic) bond motifs is 3. The van der Waals surface area contributed by atoms with E-state index >= 15 is 0 Å². The van der Waals surface area contributed by atoms with Crippen molar-refractivity contribution in [3.63, 3.8) is 0 Å². The highest BCUT2D eigenvalue weighted by atomic mass is 35.5. The summed E-state index contributed by atoms with van der Waals surface area (Å²) in [5.41, 5.74) is 7.15. The lowest BCUT2D eigenvalue weighted by Crippen LogP contribution is -2.42. The summed E-state index contributed by atoms with van der Waals surface area (Å²) in [6.07, 6.45) is 4.56. The minimum Gasteiger partial charge on any atom is -0.496 e. The van der Waals surface area contributed by atoms with E-state index in [0.29, 0.717) is 23.6 Å². The number of methoxy groups -OCH3 is 1. The maximum atomic E-state index is 6.51. The lowest BCUT2D eigenvalue weighted by Gasteiger charge is -2.30. The Morgan fingerprint density at radius 1 is 1.02 bits per heavy atom. The van der Waals surface area contributed by atoms with Gasteiger partial charge in [0.1, 0.15) is 18.1 Å². The second-order valence-electron chi connectivity index (χ2n) is 11.1. The first-order valence-corrected chi connectivity index (χ1v) is 14.9. The zero-order chi connectivity index (χ0) is 28.6. The number of nitrogens with one attached hydrogen (secondary N) is 3. The Bertz CT molecular complexity index is 1570. The van der Waals surface area contributed by atoms with Crippen molar-refractivity contribution >= 4 is 23.2 Å². The molecule has 216 valence electrons. The van der Waals surface area contributed by atoms with Crippen molar-refractivity contribution in [1.29, 1.82) is 0 Å². The first kappa shape index (κ1) is 27.3.